The summed E-state index contributed by atoms with van der Waals surface area (Å²) in [6, 6.07) is 6.18. The lowest BCUT2D eigenvalue weighted by molar-refractivity contribution is -0.160. The van der Waals surface area contributed by atoms with Gasteiger partial charge in [-0.2, -0.15) is 0 Å². The lowest BCUT2D eigenvalue weighted by atomic mass is 10.2. The number of amides is 3. The molecule has 0 aromatic heterocycles. The average Bonchev–Trinajstić information content (AvgIpc) is 2.51. The number of urea groups is 1. The maximum atomic E-state index is 12.1. The van der Waals surface area contributed by atoms with E-state index in [1.165, 1.54) is 0 Å². The Morgan fingerprint density at radius 1 is 1.17 bits per heavy atom. The zero-order chi connectivity index (χ0) is 17.7. The van der Waals surface area contributed by atoms with Crippen molar-refractivity contribution in [2.45, 2.75) is 39.0 Å². The Labute approximate surface area is 139 Å². The van der Waals surface area contributed by atoms with E-state index in [1.54, 1.807) is 45.0 Å². The van der Waals surface area contributed by atoms with E-state index >= 15 is 0 Å². The van der Waals surface area contributed by atoms with Crippen LogP contribution in [0.5, 0.6) is 11.5 Å². The smallest absolute Gasteiger partial charge is 0.351 e. The summed E-state index contributed by atoms with van der Waals surface area (Å²) in [5, 5.41) is 4.54. The third-order valence-corrected chi connectivity index (χ3v) is 3.09. The lowest BCUT2D eigenvalue weighted by Gasteiger charge is -2.30. The summed E-state index contributed by atoms with van der Waals surface area (Å²) >= 11 is 0. The zero-order valence-corrected chi connectivity index (χ0v) is 13.7. The first-order valence-corrected chi connectivity index (χ1v) is 7.56. The van der Waals surface area contributed by atoms with Crippen LogP contribution >= 0.6 is 0 Å². The minimum absolute atomic E-state index is 0.117. The molecule has 0 saturated carbocycles. The second-order valence-electron chi connectivity index (χ2n) is 5.59. The van der Waals surface area contributed by atoms with Crippen molar-refractivity contribution in [2.24, 2.45) is 0 Å². The van der Waals surface area contributed by atoms with Gasteiger partial charge in [0.2, 0.25) is 6.10 Å². The first-order chi connectivity index (χ1) is 11.4. The molecule has 2 rings (SSSR count). The number of esters is 1. The van der Waals surface area contributed by atoms with E-state index < -0.39 is 36.7 Å². The van der Waals surface area contributed by atoms with Gasteiger partial charge in [0.05, 0.1) is 0 Å². The molecule has 0 saturated heterocycles. The fourth-order valence-corrected chi connectivity index (χ4v) is 2.06. The van der Waals surface area contributed by atoms with Gasteiger partial charge in [0.15, 0.2) is 18.1 Å². The van der Waals surface area contributed by atoms with E-state index in [9.17, 15) is 14.4 Å². The molecule has 0 bridgehead atoms. The summed E-state index contributed by atoms with van der Waals surface area (Å²) in [7, 11) is 0. The largest absolute Gasteiger partial charge is 0.482 e. The van der Waals surface area contributed by atoms with Crippen molar-refractivity contribution < 1.29 is 28.6 Å². The maximum Gasteiger partial charge on any atom is 0.351 e. The van der Waals surface area contributed by atoms with Crippen LogP contribution in [0, 0.1) is 0 Å². The molecule has 3 amide bonds. The first kappa shape index (κ1) is 17.6. The molecule has 1 heterocycles. The molecule has 130 valence electrons. The van der Waals surface area contributed by atoms with Gasteiger partial charge in [0, 0.05) is 6.04 Å². The molecule has 24 heavy (non-hydrogen) atoms. The Hall–Kier alpha value is -2.77. The SMILES string of the molecule is CC(C)NC(=O)NC(=O)COC(=O)C1Oc2ccccc2OC1C. The van der Waals surface area contributed by atoms with E-state index in [0.717, 1.165) is 0 Å². The van der Waals surface area contributed by atoms with Crippen molar-refractivity contribution in [2.75, 3.05) is 6.61 Å². The van der Waals surface area contributed by atoms with Crippen LogP contribution in [0.2, 0.25) is 0 Å². The third-order valence-electron chi connectivity index (χ3n) is 3.09. The maximum absolute atomic E-state index is 12.1. The number of carbonyl (C=O) groups is 3. The van der Waals surface area contributed by atoms with Crippen LogP contribution < -0.4 is 20.1 Å². The highest BCUT2D eigenvalue weighted by atomic mass is 16.6. The third kappa shape index (κ3) is 4.61. The van der Waals surface area contributed by atoms with Crippen LogP contribution in [0.25, 0.3) is 0 Å². The van der Waals surface area contributed by atoms with Crippen molar-refractivity contribution in [1.29, 1.82) is 0 Å². The van der Waals surface area contributed by atoms with Gasteiger partial charge in [-0.25, -0.2) is 9.59 Å². The Kier molecular flexibility index (Phi) is 5.62. The fourth-order valence-electron chi connectivity index (χ4n) is 2.06. The van der Waals surface area contributed by atoms with Gasteiger partial charge in [0.25, 0.3) is 5.91 Å². The van der Waals surface area contributed by atoms with Crippen LogP contribution in [0.15, 0.2) is 24.3 Å². The molecule has 0 fully saturated rings. The van der Waals surface area contributed by atoms with Crippen LogP contribution in [0.4, 0.5) is 4.79 Å². The molecule has 8 heteroatoms. The van der Waals surface area contributed by atoms with Crippen LogP contribution in [-0.2, 0) is 14.3 Å². The van der Waals surface area contributed by atoms with E-state index in [1.807, 2.05) is 0 Å². The molecular formula is C16H20N2O6. The minimum atomic E-state index is -0.989. The fraction of sp³-hybridized carbons (Fsp3) is 0.438. The number of ether oxygens (including phenoxy) is 3. The van der Waals surface area contributed by atoms with Gasteiger partial charge in [-0.1, -0.05) is 12.1 Å². The van der Waals surface area contributed by atoms with E-state index in [2.05, 4.69) is 10.6 Å². The van der Waals surface area contributed by atoms with Crippen molar-refractivity contribution in [3.05, 3.63) is 24.3 Å². The quantitative estimate of drug-likeness (QED) is 0.795. The lowest BCUT2D eigenvalue weighted by Crippen LogP contribution is -2.47. The number of rotatable bonds is 4. The summed E-state index contributed by atoms with van der Waals surface area (Å²) in [5.41, 5.74) is 0. The number of para-hydroxylation sites is 2. The Balaban J connectivity index is 1.84. The average molecular weight is 336 g/mol. The molecule has 0 spiro atoms. The monoisotopic (exact) mass is 336 g/mol. The van der Waals surface area contributed by atoms with Crippen molar-refractivity contribution >= 4 is 17.9 Å². The van der Waals surface area contributed by atoms with Crippen molar-refractivity contribution in [3.8, 4) is 11.5 Å². The summed E-state index contributed by atoms with van der Waals surface area (Å²) in [6.07, 6.45) is -1.56. The predicted octanol–water partition coefficient (Wildman–Crippen LogP) is 0.992. The van der Waals surface area contributed by atoms with Gasteiger partial charge < -0.3 is 19.5 Å². The van der Waals surface area contributed by atoms with E-state index in [-0.39, 0.29) is 6.04 Å². The topological polar surface area (TPSA) is 103 Å². The molecule has 8 nitrogen and oxygen atoms in total. The molecule has 2 atom stereocenters. The zero-order valence-electron chi connectivity index (χ0n) is 13.7. The van der Waals surface area contributed by atoms with Crippen molar-refractivity contribution in [1.82, 2.24) is 10.6 Å². The predicted molar refractivity (Wildman–Crippen MR) is 83.7 cm³/mol. The molecule has 1 aliphatic heterocycles. The molecule has 1 aromatic rings. The Morgan fingerprint density at radius 3 is 2.42 bits per heavy atom. The summed E-state index contributed by atoms with van der Waals surface area (Å²) in [5.74, 6) is -0.502. The molecule has 1 aromatic carbocycles. The number of carbonyl (C=O) groups excluding carboxylic acids is 3. The molecule has 0 radical (unpaired) electrons. The number of hydrogen-bond donors (Lipinski definition) is 2. The van der Waals surface area contributed by atoms with Gasteiger partial charge in [-0.15, -0.1) is 0 Å². The second kappa shape index (κ2) is 7.67. The summed E-state index contributed by atoms with van der Waals surface area (Å²) in [6.45, 7) is 4.59. The molecule has 1 aliphatic rings. The number of benzene rings is 1. The van der Waals surface area contributed by atoms with Crippen LogP contribution in [-0.4, -0.2) is 42.8 Å². The summed E-state index contributed by atoms with van der Waals surface area (Å²) < 4.78 is 16.1. The molecule has 0 aliphatic carbocycles. The van der Waals surface area contributed by atoms with E-state index in [0.29, 0.717) is 11.5 Å². The number of imide groups is 1. The van der Waals surface area contributed by atoms with E-state index in [4.69, 9.17) is 14.2 Å². The normalized spacial score (nSPS) is 18.7. The standard InChI is InChI=1S/C16H20N2O6/c1-9(2)17-16(21)18-13(19)8-22-15(20)14-10(3)23-11-6-4-5-7-12(11)24-14/h4-7,9-10,14H,8H2,1-3H3,(H2,17,18,19,21). The van der Waals surface area contributed by atoms with Crippen LogP contribution in [0.3, 0.4) is 0 Å². The molecule has 2 N–H and O–H groups in total. The van der Waals surface area contributed by atoms with Gasteiger partial charge in [-0.05, 0) is 32.9 Å². The van der Waals surface area contributed by atoms with Gasteiger partial charge in [-0.3, -0.25) is 10.1 Å². The second-order valence-corrected chi connectivity index (χ2v) is 5.59. The molecule has 2 unspecified atom stereocenters. The molecular weight excluding hydrogens is 316 g/mol. The number of hydrogen-bond acceptors (Lipinski definition) is 6. The first-order valence-electron chi connectivity index (χ1n) is 7.56. The number of nitrogens with one attached hydrogen (secondary N) is 2. The van der Waals surface area contributed by atoms with Crippen LogP contribution in [0.1, 0.15) is 20.8 Å². The minimum Gasteiger partial charge on any atom is -0.482 e. The highest BCUT2D eigenvalue weighted by Crippen LogP contribution is 2.33. The highest BCUT2D eigenvalue weighted by molar-refractivity contribution is 5.95. The summed E-state index contributed by atoms with van der Waals surface area (Å²) in [4.78, 5) is 35.0. The Bertz CT molecular complexity index is 631. The van der Waals surface area contributed by atoms with Crippen molar-refractivity contribution in [3.63, 3.8) is 0 Å². The number of fused-ring (bicyclic) bond motifs is 1. The van der Waals surface area contributed by atoms with Gasteiger partial charge >= 0.3 is 12.0 Å². The Morgan fingerprint density at radius 2 is 1.79 bits per heavy atom. The highest BCUT2D eigenvalue weighted by Gasteiger charge is 2.35. The van der Waals surface area contributed by atoms with Gasteiger partial charge in [0.1, 0.15) is 6.10 Å².